The molecule has 0 unspecified atom stereocenters. The van der Waals surface area contributed by atoms with E-state index in [9.17, 15) is 13.2 Å². The maximum atomic E-state index is 12.8. The zero-order valence-electron chi connectivity index (χ0n) is 15.2. The van der Waals surface area contributed by atoms with E-state index in [4.69, 9.17) is 5.14 Å². The Morgan fingerprint density at radius 3 is 2.15 bits per heavy atom. The predicted octanol–water partition coefficient (Wildman–Crippen LogP) is 2.21. The Labute approximate surface area is 158 Å². The number of hydrazone groups is 1. The van der Waals surface area contributed by atoms with Gasteiger partial charge in [-0.3, -0.25) is 4.79 Å². The van der Waals surface area contributed by atoms with Crippen LogP contribution in [-0.2, 0) is 14.8 Å². The van der Waals surface area contributed by atoms with Crippen LogP contribution in [-0.4, -0.2) is 34.1 Å². The SMILES string of the molecule is CC1=NN(c2ccc(S(N)(=O)=O)cc2)C(=O)C1=Cc1ccc(N(C)C)cc1. The van der Waals surface area contributed by atoms with Crippen molar-refractivity contribution in [2.45, 2.75) is 11.8 Å². The van der Waals surface area contributed by atoms with Gasteiger partial charge in [-0.15, -0.1) is 0 Å². The van der Waals surface area contributed by atoms with Gasteiger partial charge in [0.1, 0.15) is 0 Å². The summed E-state index contributed by atoms with van der Waals surface area (Å²) >= 11 is 0. The molecule has 0 aliphatic carbocycles. The van der Waals surface area contributed by atoms with E-state index in [2.05, 4.69) is 5.10 Å². The van der Waals surface area contributed by atoms with Crippen LogP contribution < -0.4 is 15.0 Å². The van der Waals surface area contributed by atoms with Gasteiger partial charge in [0.25, 0.3) is 5.91 Å². The minimum absolute atomic E-state index is 0.0182. The fourth-order valence-electron chi connectivity index (χ4n) is 2.67. The van der Waals surface area contributed by atoms with Gasteiger partial charge in [-0.05, 0) is 55.0 Å². The van der Waals surface area contributed by atoms with Crippen molar-refractivity contribution in [2.75, 3.05) is 24.0 Å². The first kappa shape index (κ1) is 18.8. The number of hydrogen-bond donors (Lipinski definition) is 1. The van der Waals surface area contributed by atoms with E-state index in [-0.39, 0.29) is 10.8 Å². The number of amides is 1. The molecule has 3 rings (SSSR count). The van der Waals surface area contributed by atoms with Crippen LogP contribution in [0.1, 0.15) is 12.5 Å². The first-order valence-electron chi connectivity index (χ1n) is 8.19. The molecular formula is C19H20N4O3S. The molecule has 1 aliphatic rings. The third kappa shape index (κ3) is 3.91. The summed E-state index contributed by atoms with van der Waals surface area (Å²) in [5.41, 5.74) is 3.51. The Kier molecular flexibility index (Phi) is 4.86. The smallest absolute Gasteiger partial charge is 0.280 e. The lowest BCUT2D eigenvalue weighted by molar-refractivity contribution is -0.114. The predicted molar refractivity (Wildman–Crippen MR) is 107 cm³/mol. The van der Waals surface area contributed by atoms with Crippen LogP contribution in [0.3, 0.4) is 0 Å². The number of hydrogen-bond acceptors (Lipinski definition) is 5. The number of primary sulfonamides is 1. The van der Waals surface area contributed by atoms with E-state index < -0.39 is 10.0 Å². The molecular weight excluding hydrogens is 364 g/mol. The summed E-state index contributed by atoms with van der Waals surface area (Å²) in [6, 6.07) is 13.5. The molecule has 0 aromatic heterocycles. The highest BCUT2D eigenvalue weighted by Crippen LogP contribution is 2.26. The second-order valence-electron chi connectivity index (χ2n) is 6.39. The zero-order chi connectivity index (χ0) is 19.8. The maximum absolute atomic E-state index is 12.8. The molecule has 2 aromatic rings. The van der Waals surface area contributed by atoms with E-state index in [1.165, 1.54) is 29.3 Å². The molecule has 0 fully saturated rings. The number of benzene rings is 2. The monoisotopic (exact) mass is 384 g/mol. The third-order valence-electron chi connectivity index (χ3n) is 4.19. The zero-order valence-corrected chi connectivity index (χ0v) is 16.1. The molecule has 2 aromatic carbocycles. The fourth-order valence-corrected chi connectivity index (χ4v) is 3.19. The molecule has 0 radical (unpaired) electrons. The van der Waals surface area contributed by atoms with Crippen LogP contribution in [0.15, 0.2) is 64.1 Å². The number of nitrogens with two attached hydrogens (primary N) is 1. The number of nitrogens with zero attached hydrogens (tertiary/aromatic N) is 3. The molecule has 0 spiro atoms. The van der Waals surface area contributed by atoms with Gasteiger partial charge in [-0.1, -0.05) is 12.1 Å². The molecule has 0 saturated heterocycles. The third-order valence-corrected chi connectivity index (χ3v) is 5.12. The Morgan fingerprint density at radius 1 is 1.04 bits per heavy atom. The molecule has 0 atom stereocenters. The second kappa shape index (κ2) is 6.98. The van der Waals surface area contributed by atoms with Gasteiger partial charge in [-0.2, -0.15) is 10.1 Å². The van der Waals surface area contributed by atoms with Crippen LogP contribution in [0.2, 0.25) is 0 Å². The van der Waals surface area contributed by atoms with Gasteiger partial charge in [0.05, 0.1) is 21.9 Å². The molecule has 1 heterocycles. The lowest BCUT2D eigenvalue weighted by Crippen LogP contribution is -2.21. The summed E-state index contributed by atoms with van der Waals surface area (Å²) in [4.78, 5) is 14.7. The first-order chi connectivity index (χ1) is 12.7. The molecule has 140 valence electrons. The number of carbonyl (C=O) groups excluding carboxylic acids is 1. The molecule has 1 aliphatic heterocycles. The van der Waals surface area contributed by atoms with E-state index in [1.54, 1.807) is 13.0 Å². The summed E-state index contributed by atoms with van der Waals surface area (Å²) in [7, 11) is 0.142. The molecule has 0 bridgehead atoms. The minimum atomic E-state index is -3.78. The molecule has 0 saturated carbocycles. The number of rotatable bonds is 4. The van der Waals surface area contributed by atoms with Gasteiger partial charge >= 0.3 is 0 Å². The van der Waals surface area contributed by atoms with Gasteiger partial charge < -0.3 is 4.90 Å². The van der Waals surface area contributed by atoms with Crippen LogP contribution in [0.5, 0.6) is 0 Å². The van der Waals surface area contributed by atoms with E-state index in [0.29, 0.717) is 17.0 Å². The van der Waals surface area contributed by atoms with Crippen molar-refractivity contribution in [3.8, 4) is 0 Å². The Morgan fingerprint density at radius 2 is 1.63 bits per heavy atom. The molecule has 8 heteroatoms. The Balaban J connectivity index is 1.87. The number of sulfonamides is 1. The number of carbonyl (C=O) groups is 1. The molecule has 27 heavy (non-hydrogen) atoms. The maximum Gasteiger partial charge on any atom is 0.280 e. The number of anilines is 2. The molecule has 7 nitrogen and oxygen atoms in total. The first-order valence-corrected chi connectivity index (χ1v) is 9.73. The Bertz CT molecular complexity index is 1040. The van der Waals surface area contributed by atoms with Crippen LogP contribution in [0.4, 0.5) is 11.4 Å². The van der Waals surface area contributed by atoms with Crippen LogP contribution in [0, 0.1) is 0 Å². The lowest BCUT2D eigenvalue weighted by atomic mass is 10.1. The van der Waals surface area contributed by atoms with Crippen molar-refractivity contribution in [1.29, 1.82) is 0 Å². The van der Waals surface area contributed by atoms with E-state index >= 15 is 0 Å². The highest BCUT2D eigenvalue weighted by Gasteiger charge is 2.28. The fraction of sp³-hybridized carbons (Fsp3) is 0.158. The van der Waals surface area contributed by atoms with Gasteiger partial charge in [0, 0.05) is 19.8 Å². The minimum Gasteiger partial charge on any atom is -0.378 e. The van der Waals surface area contributed by atoms with Gasteiger partial charge in [0.15, 0.2) is 0 Å². The summed E-state index contributed by atoms with van der Waals surface area (Å²) in [5, 5.41) is 10.6. The van der Waals surface area contributed by atoms with Gasteiger partial charge in [-0.25, -0.2) is 13.6 Å². The van der Waals surface area contributed by atoms with E-state index in [1.807, 2.05) is 43.3 Å². The lowest BCUT2D eigenvalue weighted by Gasteiger charge is -2.12. The average molecular weight is 384 g/mol. The standard InChI is InChI=1S/C19H20N4O3S/c1-13-18(12-14-4-6-15(7-5-14)22(2)3)19(24)23(21-13)16-8-10-17(11-9-16)27(20,25)26/h4-12H,1-3H3,(H2,20,25,26). The van der Waals surface area contributed by atoms with E-state index in [0.717, 1.165) is 11.3 Å². The van der Waals surface area contributed by atoms with Crippen molar-refractivity contribution < 1.29 is 13.2 Å². The van der Waals surface area contributed by atoms with Crippen LogP contribution in [0.25, 0.3) is 6.08 Å². The summed E-state index contributed by atoms with van der Waals surface area (Å²) in [5.74, 6) is -0.271. The second-order valence-corrected chi connectivity index (χ2v) is 7.95. The summed E-state index contributed by atoms with van der Waals surface area (Å²) < 4.78 is 22.7. The largest absolute Gasteiger partial charge is 0.378 e. The summed E-state index contributed by atoms with van der Waals surface area (Å²) in [6.45, 7) is 1.76. The van der Waals surface area contributed by atoms with Crippen LogP contribution >= 0.6 is 0 Å². The summed E-state index contributed by atoms with van der Waals surface area (Å²) in [6.07, 6.45) is 1.79. The van der Waals surface area contributed by atoms with Crippen molar-refractivity contribution >= 4 is 39.1 Å². The van der Waals surface area contributed by atoms with Gasteiger partial charge in [0.2, 0.25) is 10.0 Å². The highest BCUT2D eigenvalue weighted by molar-refractivity contribution is 7.89. The highest BCUT2D eigenvalue weighted by atomic mass is 32.2. The quantitative estimate of drug-likeness (QED) is 0.818. The molecule has 2 N–H and O–H groups in total. The van der Waals surface area contributed by atoms with Crippen molar-refractivity contribution in [2.24, 2.45) is 10.2 Å². The topological polar surface area (TPSA) is 96.1 Å². The average Bonchev–Trinajstić information content (AvgIpc) is 2.90. The normalized spacial score (nSPS) is 16.0. The van der Waals surface area contributed by atoms with Crippen molar-refractivity contribution in [3.05, 3.63) is 59.7 Å². The Hall–Kier alpha value is -2.97. The van der Waals surface area contributed by atoms with Crippen molar-refractivity contribution in [3.63, 3.8) is 0 Å². The van der Waals surface area contributed by atoms with Crippen molar-refractivity contribution in [1.82, 2.24) is 0 Å². The molecule has 1 amide bonds.